The van der Waals surface area contributed by atoms with Crippen LogP contribution in [0.25, 0.3) is 0 Å². The molecule has 2 rings (SSSR count). The number of alkyl halides is 3. The smallest absolute Gasteiger partial charge is 0.405 e. The van der Waals surface area contributed by atoms with E-state index >= 15 is 0 Å². The maximum atomic E-state index is 12.1. The van der Waals surface area contributed by atoms with Crippen molar-refractivity contribution in [2.24, 2.45) is 5.92 Å². The highest BCUT2D eigenvalue weighted by Crippen LogP contribution is 2.33. The van der Waals surface area contributed by atoms with E-state index in [2.05, 4.69) is 0 Å². The number of carboxylic acid groups (broad SMARTS) is 1. The van der Waals surface area contributed by atoms with Gasteiger partial charge in [0.1, 0.15) is 13.0 Å². The van der Waals surface area contributed by atoms with Gasteiger partial charge in [0.05, 0.1) is 5.92 Å². The van der Waals surface area contributed by atoms with Crippen molar-refractivity contribution in [1.82, 2.24) is 10.2 Å². The van der Waals surface area contributed by atoms with Crippen molar-refractivity contribution in [2.45, 2.75) is 18.5 Å². The first-order valence-corrected chi connectivity index (χ1v) is 8.04. The molecular weight excluding hydrogens is 377 g/mol. The van der Waals surface area contributed by atoms with Crippen LogP contribution in [-0.2, 0) is 14.4 Å². The zero-order valence-electron chi connectivity index (χ0n) is 13.4. The fourth-order valence-corrected chi connectivity index (χ4v) is 2.94. The van der Waals surface area contributed by atoms with Crippen LogP contribution in [0, 0.1) is 5.92 Å². The van der Waals surface area contributed by atoms with Crippen molar-refractivity contribution in [1.29, 1.82) is 0 Å². The van der Waals surface area contributed by atoms with E-state index in [0.29, 0.717) is 10.6 Å². The van der Waals surface area contributed by atoms with Crippen molar-refractivity contribution in [2.75, 3.05) is 19.6 Å². The number of amides is 2. The van der Waals surface area contributed by atoms with E-state index in [9.17, 15) is 32.7 Å². The van der Waals surface area contributed by atoms with Gasteiger partial charge in [-0.1, -0.05) is 23.7 Å². The average molecular weight is 393 g/mol. The zero-order valence-corrected chi connectivity index (χ0v) is 14.2. The lowest BCUT2D eigenvalue weighted by molar-refractivity contribution is -0.143. The van der Waals surface area contributed by atoms with E-state index in [1.54, 1.807) is 29.6 Å². The Kier molecular flexibility index (Phi) is 6.12. The molecule has 1 fully saturated rings. The molecule has 0 radical (unpaired) electrons. The third kappa shape index (κ3) is 5.35. The predicted molar refractivity (Wildman–Crippen MR) is 85.6 cm³/mol. The SMILES string of the molecule is O=C(CC(=O)N1C[C@@H](C(=O)O)[C@H](c2ccc(Cl)cc2)C1)NCC(F)(F)F. The molecule has 0 saturated carbocycles. The second-order valence-corrected chi connectivity index (χ2v) is 6.41. The Hall–Kier alpha value is -2.29. The van der Waals surface area contributed by atoms with Gasteiger partial charge in [0, 0.05) is 24.0 Å². The van der Waals surface area contributed by atoms with Crippen LogP contribution in [0.15, 0.2) is 24.3 Å². The number of carboxylic acids is 1. The number of likely N-dealkylation sites (tertiary alicyclic amines) is 1. The van der Waals surface area contributed by atoms with Crippen LogP contribution in [-0.4, -0.2) is 53.6 Å². The molecule has 1 aromatic carbocycles. The van der Waals surface area contributed by atoms with Crippen LogP contribution >= 0.6 is 11.6 Å². The van der Waals surface area contributed by atoms with Gasteiger partial charge >= 0.3 is 12.1 Å². The van der Waals surface area contributed by atoms with Crippen LogP contribution in [0.2, 0.25) is 5.02 Å². The number of halogens is 4. The number of rotatable bonds is 5. The minimum Gasteiger partial charge on any atom is -0.481 e. The first kappa shape index (κ1) is 20.0. The normalized spacial score (nSPS) is 20.1. The second kappa shape index (κ2) is 7.94. The van der Waals surface area contributed by atoms with Crippen LogP contribution in [0.4, 0.5) is 13.2 Å². The summed E-state index contributed by atoms with van der Waals surface area (Å²) in [4.78, 5) is 36.3. The summed E-state index contributed by atoms with van der Waals surface area (Å²) in [5, 5.41) is 11.5. The monoisotopic (exact) mass is 392 g/mol. The molecule has 0 aliphatic carbocycles. The number of nitrogens with one attached hydrogen (secondary N) is 1. The molecule has 1 aliphatic rings. The van der Waals surface area contributed by atoms with Crippen molar-refractivity contribution in [3.63, 3.8) is 0 Å². The van der Waals surface area contributed by atoms with Crippen molar-refractivity contribution in [3.8, 4) is 0 Å². The lowest BCUT2D eigenvalue weighted by Crippen LogP contribution is -2.38. The summed E-state index contributed by atoms with van der Waals surface area (Å²) >= 11 is 5.81. The van der Waals surface area contributed by atoms with Crippen LogP contribution in [0.5, 0.6) is 0 Å². The maximum absolute atomic E-state index is 12.1. The number of hydrogen-bond acceptors (Lipinski definition) is 3. The van der Waals surface area contributed by atoms with E-state index in [1.807, 2.05) is 0 Å². The molecule has 1 saturated heterocycles. The highest BCUT2D eigenvalue weighted by Gasteiger charge is 2.40. The Balaban J connectivity index is 2.02. The maximum Gasteiger partial charge on any atom is 0.405 e. The minimum absolute atomic E-state index is 0.0595. The van der Waals surface area contributed by atoms with Gasteiger partial charge in [-0.3, -0.25) is 14.4 Å². The Morgan fingerprint density at radius 1 is 1.19 bits per heavy atom. The number of aliphatic carboxylic acids is 1. The standard InChI is InChI=1S/C16H16ClF3N2O4/c17-10-3-1-9(2-4-10)11-6-22(7-12(11)15(25)26)14(24)5-13(23)21-8-16(18,19)20/h1-4,11-12H,5-8H2,(H,21,23)(H,25,26)/t11-,12+/m0/s1. The molecule has 6 nitrogen and oxygen atoms in total. The lowest BCUT2D eigenvalue weighted by Gasteiger charge is -2.17. The molecule has 0 spiro atoms. The van der Waals surface area contributed by atoms with Gasteiger partial charge in [-0.2, -0.15) is 13.2 Å². The molecule has 1 aliphatic heterocycles. The van der Waals surface area contributed by atoms with E-state index in [1.165, 1.54) is 4.90 Å². The first-order chi connectivity index (χ1) is 12.1. The van der Waals surface area contributed by atoms with Crippen molar-refractivity contribution < 1.29 is 32.7 Å². The molecule has 26 heavy (non-hydrogen) atoms. The number of nitrogens with zero attached hydrogens (tertiary/aromatic N) is 1. The predicted octanol–water partition coefficient (Wildman–Crippen LogP) is 2.04. The Morgan fingerprint density at radius 2 is 1.81 bits per heavy atom. The Bertz CT molecular complexity index is 694. The molecule has 0 bridgehead atoms. The van der Waals surface area contributed by atoms with Gasteiger partial charge in [0.2, 0.25) is 11.8 Å². The molecule has 2 amide bonds. The van der Waals surface area contributed by atoms with E-state index in [-0.39, 0.29) is 13.1 Å². The fourth-order valence-electron chi connectivity index (χ4n) is 2.82. The Labute approximate surface area is 151 Å². The first-order valence-electron chi connectivity index (χ1n) is 7.66. The summed E-state index contributed by atoms with van der Waals surface area (Å²) in [6, 6.07) is 6.52. The Morgan fingerprint density at radius 3 is 2.35 bits per heavy atom. The largest absolute Gasteiger partial charge is 0.481 e. The minimum atomic E-state index is -4.57. The summed E-state index contributed by atoms with van der Waals surface area (Å²) in [6.45, 7) is -1.58. The molecule has 1 heterocycles. The molecular formula is C16H16ClF3N2O4. The van der Waals surface area contributed by atoms with E-state index in [4.69, 9.17) is 11.6 Å². The molecule has 142 valence electrons. The highest BCUT2D eigenvalue weighted by molar-refractivity contribution is 6.30. The zero-order chi connectivity index (χ0) is 19.5. The van der Waals surface area contributed by atoms with Crippen LogP contribution in [0.1, 0.15) is 17.9 Å². The highest BCUT2D eigenvalue weighted by atomic mass is 35.5. The van der Waals surface area contributed by atoms with Crippen LogP contribution < -0.4 is 5.32 Å². The van der Waals surface area contributed by atoms with Crippen molar-refractivity contribution >= 4 is 29.4 Å². The van der Waals surface area contributed by atoms with E-state index < -0.39 is 48.8 Å². The van der Waals surface area contributed by atoms with Crippen molar-refractivity contribution in [3.05, 3.63) is 34.9 Å². The topological polar surface area (TPSA) is 86.7 Å². The summed E-state index contributed by atoms with van der Waals surface area (Å²) in [7, 11) is 0. The average Bonchev–Trinajstić information content (AvgIpc) is 2.98. The number of hydrogen-bond donors (Lipinski definition) is 2. The van der Waals surface area contributed by atoms with Gasteiger partial charge in [0.25, 0.3) is 0 Å². The quantitative estimate of drug-likeness (QED) is 0.751. The summed E-state index contributed by atoms with van der Waals surface area (Å²) in [5.74, 6) is -4.24. The third-order valence-electron chi connectivity index (χ3n) is 4.09. The number of carbonyl (C=O) groups excluding carboxylic acids is 2. The number of carbonyl (C=O) groups is 3. The molecule has 2 N–H and O–H groups in total. The van der Waals surface area contributed by atoms with Crippen LogP contribution in [0.3, 0.4) is 0 Å². The van der Waals surface area contributed by atoms with Gasteiger partial charge < -0.3 is 15.3 Å². The second-order valence-electron chi connectivity index (χ2n) is 5.97. The van der Waals surface area contributed by atoms with Gasteiger partial charge in [-0.15, -0.1) is 0 Å². The molecule has 10 heteroatoms. The summed E-state index contributed by atoms with van der Waals surface area (Å²) in [5.41, 5.74) is 0.679. The molecule has 0 unspecified atom stereocenters. The lowest BCUT2D eigenvalue weighted by atomic mass is 9.89. The van der Waals surface area contributed by atoms with E-state index in [0.717, 1.165) is 0 Å². The molecule has 0 aromatic heterocycles. The van der Waals surface area contributed by atoms with Gasteiger partial charge in [0.15, 0.2) is 0 Å². The number of benzene rings is 1. The molecule has 2 atom stereocenters. The summed E-state index contributed by atoms with van der Waals surface area (Å²) in [6.07, 6.45) is -5.34. The molecule has 1 aromatic rings. The fraction of sp³-hybridized carbons (Fsp3) is 0.438. The van der Waals surface area contributed by atoms with Gasteiger partial charge in [-0.05, 0) is 17.7 Å². The summed E-state index contributed by atoms with van der Waals surface area (Å²) < 4.78 is 36.2. The van der Waals surface area contributed by atoms with Gasteiger partial charge in [-0.25, -0.2) is 0 Å². The third-order valence-corrected chi connectivity index (χ3v) is 4.34.